The summed E-state index contributed by atoms with van der Waals surface area (Å²) in [5.41, 5.74) is 3.53. The lowest BCUT2D eigenvalue weighted by Gasteiger charge is -2.26. The van der Waals surface area contributed by atoms with E-state index in [-0.39, 0.29) is 0 Å². The van der Waals surface area contributed by atoms with Gasteiger partial charge in [-0.1, -0.05) is 41.0 Å². The van der Waals surface area contributed by atoms with Gasteiger partial charge in [0.25, 0.3) is 0 Å². The molecule has 1 heterocycles. The molecule has 0 bridgehead atoms. The average Bonchev–Trinajstić information content (AvgIpc) is 3.00. The monoisotopic (exact) mass is 595 g/mol. The molecular weight excluding hydrogens is 536 g/mol. The van der Waals surface area contributed by atoms with Crippen molar-refractivity contribution in [2.24, 2.45) is 0 Å². The maximum absolute atomic E-state index is 5.09. The molecule has 234 valence electrons. The molecular formula is C35H59N6S+. The van der Waals surface area contributed by atoms with Crippen LogP contribution in [0.5, 0.6) is 0 Å². The number of hydrogen-bond acceptors (Lipinski definition) is 6. The van der Waals surface area contributed by atoms with Crippen LogP contribution in [0.4, 0.5) is 5.69 Å². The molecule has 0 saturated heterocycles. The first kappa shape index (κ1) is 34.4. The molecule has 2 aliphatic rings. The van der Waals surface area contributed by atoms with Gasteiger partial charge in [0.2, 0.25) is 5.36 Å². The summed E-state index contributed by atoms with van der Waals surface area (Å²) in [6.07, 6.45) is 6.00. The third-order valence-corrected chi connectivity index (χ3v) is 9.58. The van der Waals surface area contributed by atoms with Crippen molar-refractivity contribution >= 4 is 27.2 Å². The minimum atomic E-state index is 1.09. The molecule has 0 N–H and O–H groups in total. The number of anilines is 1. The lowest BCUT2D eigenvalue weighted by Crippen LogP contribution is -2.36. The molecule has 0 aromatic heterocycles. The number of unbranched alkanes of at least 4 members (excludes halogenated alkanes) is 1. The van der Waals surface area contributed by atoms with E-state index in [2.05, 4.69) is 109 Å². The highest BCUT2D eigenvalue weighted by molar-refractivity contribution is 7.21. The SMILES string of the molecule is CCCCN(CCCN(C)C)c1ccc2nc3ccc(=[N+](CCCN(CC)CC)CCCN(CC)CC)cc-3sc2c1. The van der Waals surface area contributed by atoms with Crippen molar-refractivity contribution in [3.63, 3.8) is 0 Å². The Kier molecular flexibility index (Phi) is 15.2. The molecule has 0 unspecified atom stereocenters. The van der Waals surface area contributed by atoms with Crippen LogP contribution in [0.25, 0.3) is 20.8 Å². The molecule has 1 aromatic rings. The zero-order valence-corrected chi connectivity index (χ0v) is 28.7. The first-order valence-corrected chi connectivity index (χ1v) is 17.5. The molecule has 42 heavy (non-hydrogen) atoms. The Bertz CT molecular complexity index is 1190. The average molecular weight is 596 g/mol. The fourth-order valence-corrected chi connectivity index (χ4v) is 6.75. The maximum Gasteiger partial charge on any atom is 0.201 e. The predicted octanol–water partition coefficient (Wildman–Crippen LogP) is 6.20. The summed E-state index contributed by atoms with van der Waals surface area (Å²) < 4.78 is 3.90. The van der Waals surface area contributed by atoms with Gasteiger partial charge in [0.05, 0.1) is 20.8 Å². The first-order chi connectivity index (χ1) is 20.4. The quantitative estimate of drug-likeness (QED) is 0.115. The predicted molar refractivity (Wildman–Crippen MR) is 186 cm³/mol. The van der Waals surface area contributed by atoms with Crippen molar-refractivity contribution in [2.45, 2.75) is 66.7 Å². The molecule has 1 aliphatic heterocycles. The topological polar surface area (TPSA) is 28.9 Å². The third kappa shape index (κ3) is 10.6. The van der Waals surface area contributed by atoms with E-state index in [0.29, 0.717) is 0 Å². The largest absolute Gasteiger partial charge is 0.371 e. The molecule has 3 rings (SSSR count). The summed E-state index contributed by atoms with van der Waals surface area (Å²) in [7, 11) is 4.33. The Labute approximate surface area is 261 Å². The van der Waals surface area contributed by atoms with Crippen molar-refractivity contribution in [1.82, 2.24) is 24.3 Å². The Morgan fingerprint density at radius 1 is 0.690 bits per heavy atom. The third-order valence-electron chi connectivity index (χ3n) is 8.49. The van der Waals surface area contributed by atoms with Gasteiger partial charge in [-0.15, -0.1) is 11.3 Å². The number of hydrogen-bond donors (Lipinski definition) is 0. The Hall–Kier alpha value is -2.06. The molecule has 1 aliphatic carbocycles. The smallest absolute Gasteiger partial charge is 0.201 e. The number of benzene rings is 2. The number of fused-ring (bicyclic) bond motifs is 2. The van der Waals surface area contributed by atoms with Crippen molar-refractivity contribution in [3.05, 3.63) is 41.8 Å². The van der Waals surface area contributed by atoms with Gasteiger partial charge >= 0.3 is 0 Å². The maximum atomic E-state index is 5.09. The van der Waals surface area contributed by atoms with Crippen molar-refractivity contribution in [2.75, 3.05) is 91.0 Å². The molecule has 0 spiro atoms. The fraction of sp³-hybridized carbons (Fsp3) is 0.657. The van der Waals surface area contributed by atoms with Crippen LogP contribution in [-0.2, 0) is 0 Å². The Morgan fingerprint density at radius 2 is 1.33 bits per heavy atom. The lowest BCUT2D eigenvalue weighted by molar-refractivity contribution is 0.284. The first-order valence-electron chi connectivity index (χ1n) is 16.7. The summed E-state index contributed by atoms with van der Waals surface area (Å²) in [5, 5.41) is 1.34. The number of aromatic nitrogens is 1. The lowest BCUT2D eigenvalue weighted by atomic mass is 10.2. The molecule has 0 fully saturated rings. The van der Waals surface area contributed by atoms with E-state index in [0.717, 1.165) is 83.2 Å². The van der Waals surface area contributed by atoms with Crippen LogP contribution in [0.1, 0.15) is 66.7 Å². The van der Waals surface area contributed by atoms with Gasteiger partial charge in [-0.3, -0.25) is 0 Å². The van der Waals surface area contributed by atoms with Gasteiger partial charge in [0, 0.05) is 56.8 Å². The summed E-state index contributed by atoms with van der Waals surface area (Å²) in [4.78, 5) is 16.3. The zero-order chi connectivity index (χ0) is 30.3. The second-order valence-electron chi connectivity index (χ2n) is 11.8. The minimum absolute atomic E-state index is 1.09. The van der Waals surface area contributed by atoms with E-state index in [9.17, 15) is 0 Å². The summed E-state index contributed by atoms with van der Waals surface area (Å²) in [5.74, 6) is 0. The van der Waals surface area contributed by atoms with Gasteiger partial charge in [-0.2, -0.15) is 0 Å². The summed E-state index contributed by atoms with van der Waals surface area (Å²) in [6, 6.07) is 13.8. The summed E-state index contributed by atoms with van der Waals surface area (Å²) in [6.45, 7) is 23.7. The second-order valence-corrected chi connectivity index (χ2v) is 12.8. The van der Waals surface area contributed by atoms with Crippen LogP contribution in [0, 0.1) is 0 Å². The van der Waals surface area contributed by atoms with E-state index >= 15 is 0 Å². The van der Waals surface area contributed by atoms with Gasteiger partial charge in [-0.05, 0) is 83.9 Å². The standard InChI is InChI=1S/C35H59N6S/c1-8-13-24-40(25-14-21-37(6)7)30-17-19-32-34(28-30)42-35-29-31(18-20-33(35)36-32)41(26-15-22-38(9-2)10-3)27-16-23-39(11-4)12-5/h17-20,28-29H,8-16,21-27H2,1-7H3/q+1. The summed E-state index contributed by atoms with van der Waals surface area (Å²) >= 11 is 1.90. The second kappa shape index (κ2) is 18.6. The normalized spacial score (nSPS) is 12.0. The number of rotatable bonds is 20. The molecule has 0 radical (unpaired) electrons. The van der Waals surface area contributed by atoms with Crippen LogP contribution >= 0.6 is 11.3 Å². The highest BCUT2D eigenvalue weighted by Crippen LogP contribution is 2.32. The fourth-order valence-electron chi connectivity index (χ4n) is 5.71. The van der Waals surface area contributed by atoms with Gasteiger partial charge in [0.15, 0.2) is 0 Å². The van der Waals surface area contributed by atoms with E-state index in [1.165, 1.54) is 52.7 Å². The van der Waals surface area contributed by atoms with Gasteiger partial charge in [0.1, 0.15) is 13.1 Å². The molecule has 6 nitrogen and oxygen atoms in total. The Morgan fingerprint density at radius 3 is 1.93 bits per heavy atom. The van der Waals surface area contributed by atoms with Crippen molar-refractivity contribution in [3.8, 4) is 10.6 Å². The molecule has 0 amide bonds. The van der Waals surface area contributed by atoms with Gasteiger partial charge in [-0.25, -0.2) is 9.56 Å². The minimum Gasteiger partial charge on any atom is -0.371 e. The van der Waals surface area contributed by atoms with E-state index in [4.69, 9.17) is 4.98 Å². The van der Waals surface area contributed by atoms with Crippen LogP contribution in [0.2, 0.25) is 0 Å². The van der Waals surface area contributed by atoms with Crippen LogP contribution in [0.3, 0.4) is 0 Å². The van der Waals surface area contributed by atoms with Gasteiger partial charge < -0.3 is 19.6 Å². The van der Waals surface area contributed by atoms with E-state index in [1.807, 2.05) is 11.3 Å². The Balaban J connectivity index is 1.93. The van der Waals surface area contributed by atoms with Crippen molar-refractivity contribution in [1.29, 1.82) is 0 Å². The molecule has 7 heteroatoms. The van der Waals surface area contributed by atoms with Crippen LogP contribution in [-0.4, -0.2) is 106 Å². The molecule has 0 atom stereocenters. The van der Waals surface area contributed by atoms with Crippen LogP contribution < -0.4 is 14.8 Å². The highest BCUT2D eigenvalue weighted by Gasteiger charge is 2.15. The number of nitrogens with zero attached hydrogens (tertiary/aromatic N) is 6. The van der Waals surface area contributed by atoms with Crippen LogP contribution in [0.15, 0.2) is 36.4 Å². The molecule has 1 aromatic carbocycles. The zero-order valence-electron chi connectivity index (χ0n) is 27.9. The van der Waals surface area contributed by atoms with E-state index in [1.54, 1.807) is 0 Å². The van der Waals surface area contributed by atoms with Crippen molar-refractivity contribution < 1.29 is 0 Å². The molecule has 0 saturated carbocycles. The van der Waals surface area contributed by atoms with E-state index < -0.39 is 0 Å². The highest BCUT2D eigenvalue weighted by atomic mass is 32.1.